The normalized spacial score (nSPS) is 10.4. The van der Waals surface area contributed by atoms with Gasteiger partial charge in [0.2, 0.25) is 5.95 Å². The van der Waals surface area contributed by atoms with Crippen LogP contribution in [0.25, 0.3) is 0 Å². The van der Waals surface area contributed by atoms with Gasteiger partial charge in [-0.05, 0) is 36.6 Å². The lowest BCUT2D eigenvalue weighted by molar-refractivity contribution is 0.0746. The first-order valence-corrected chi connectivity index (χ1v) is 9.73. The lowest BCUT2D eigenvalue weighted by Gasteiger charge is -2.20. The number of benzene rings is 2. The Balaban J connectivity index is 1.62. The Morgan fingerprint density at radius 2 is 1.83 bits per heavy atom. The number of nitrogens with one attached hydrogen (secondary N) is 1. The van der Waals surface area contributed by atoms with Gasteiger partial charge in [0.05, 0.1) is 7.11 Å². The summed E-state index contributed by atoms with van der Waals surface area (Å²) in [6.07, 6.45) is 2.38. The second-order valence-corrected chi connectivity index (χ2v) is 6.56. The zero-order valence-corrected chi connectivity index (χ0v) is 16.8. The van der Waals surface area contributed by atoms with Crippen LogP contribution in [0, 0.1) is 0 Å². The molecule has 1 amide bonds. The Morgan fingerprint density at radius 3 is 2.59 bits per heavy atom. The zero-order valence-electron chi connectivity index (χ0n) is 16.8. The van der Waals surface area contributed by atoms with Gasteiger partial charge in [0.1, 0.15) is 11.4 Å². The van der Waals surface area contributed by atoms with E-state index in [1.54, 1.807) is 24.3 Å². The molecule has 0 bridgehead atoms. The molecule has 1 heterocycles. The summed E-state index contributed by atoms with van der Waals surface area (Å²) >= 11 is 0. The molecule has 0 saturated heterocycles. The van der Waals surface area contributed by atoms with Crippen LogP contribution in [0.1, 0.15) is 28.5 Å². The van der Waals surface area contributed by atoms with Crippen molar-refractivity contribution in [3.05, 3.63) is 83.7 Å². The van der Waals surface area contributed by atoms with Gasteiger partial charge in [-0.3, -0.25) is 4.79 Å². The maximum atomic E-state index is 12.9. The maximum Gasteiger partial charge on any atom is 0.272 e. The minimum atomic E-state index is -0.105. The highest BCUT2D eigenvalue weighted by molar-refractivity contribution is 5.92. The number of carbonyl (C=O) groups excluding carboxylic acids is 1. The molecule has 1 N–H and O–H groups in total. The van der Waals surface area contributed by atoms with Crippen LogP contribution in [0.5, 0.6) is 5.75 Å². The van der Waals surface area contributed by atoms with E-state index in [1.807, 2.05) is 61.5 Å². The molecule has 0 spiro atoms. The fourth-order valence-corrected chi connectivity index (χ4v) is 3.07. The van der Waals surface area contributed by atoms with E-state index in [0.29, 0.717) is 31.3 Å². The number of hydrogen-bond donors (Lipinski definition) is 1. The molecule has 2 aromatic carbocycles. The molecule has 0 aliphatic rings. The van der Waals surface area contributed by atoms with Gasteiger partial charge in [-0.15, -0.1) is 0 Å². The van der Waals surface area contributed by atoms with E-state index in [9.17, 15) is 4.79 Å². The SMILES string of the molecule is CCN(Cc1ccccc1)C(=O)c1ccnc(NCCc2ccccc2OC)n1. The number of ether oxygens (including phenoxy) is 1. The van der Waals surface area contributed by atoms with Gasteiger partial charge >= 0.3 is 0 Å². The van der Waals surface area contributed by atoms with Crippen molar-refractivity contribution in [2.75, 3.05) is 25.5 Å². The van der Waals surface area contributed by atoms with Crippen LogP contribution in [-0.2, 0) is 13.0 Å². The van der Waals surface area contributed by atoms with E-state index >= 15 is 0 Å². The average Bonchev–Trinajstić information content (AvgIpc) is 2.78. The van der Waals surface area contributed by atoms with E-state index in [-0.39, 0.29) is 5.91 Å². The maximum absolute atomic E-state index is 12.9. The smallest absolute Gasteiger partial charge is 0.272 e. The summed E-state index contributed by atoms with van der Waals surface area (Å²) in [5, 5.41) is 3.20. The molecule has 3 rings (SSSR count). The third-order valence-corrected chi connectivity index (χ3v) is 4.63. The number of rotatable bonds is 9. The summed E-state index contributed by atoms with van der Waals surface area (Å²) in [6, 6.07) is 19.5. The van der Waals surface area contributed by atoms with E-state index < -0.39 is 0 Å². The number of amides is 1. The molecule has 0 saturated carbocycles. The Morgan fingerprint density at radius 1 is 1.07 bits per heavy atom. The van der Waals surface area contributed by atoms with Crippen LogP contribution < -0.4 is 10.1 Å². The molecule has 1 aromatic heterocycles. The quantitative estimate of drug-likeness (QED) is 0.602. The number of para-hydroxylation sites is 1. The Bertz CT molecular complexity index is 931. The predicted molar refractivity (Wildman–Crippen MR) is 114 cm³/mol. The predicted octanol–water partition coefficient (Wildman–Crippen LogP) is 3.80. The lowest BCUT2D eigenvalue weighted by Crippen LogP contribution is -2.31. The van der Waals surface area contributed by atoms with E-state index in [0.717, 1.165) is 23.3 Å². The van der Waals surface area contributed by atoms with Crippen LogP contribution in [0.4, 0.5) is 5.95 Å². The first-order chi connectivity index (χ1) is 14.2. The van der Waals surface area contributed by atoms with Crippen LogP contribution >= 0.6 is 0 Å². The Hall–Kier alpha value is -3.41. The highest BCUT2D eigenvalue weighted by Crippen LogP contribution is 2.17. The molecule has 6 heteroatoms. The number of aromatic nitrogens is 2. The summed E-state index contributed by atoms with van der Waals surface area (Å²) in [4.78, 5) is 23.3. The standard InChI is InChI=1S/C23H26N4O2/c1-3-27(17-18-9-5-4-6-10-18)22(28)20-14-16-25-23(26-20)24-15-13-19-11-7-8-12-21(19)29-2/h4-12,14,16H,3,13,15,17H2,1-2H3,(H,24,25,26). The van der Waals surface area contributed by atoms with Gasteiger partial charge in [0.15, 0.2) is 0 Å². The number of nitrogens with zero attached hydrogens (tertiary/aromatic N) is 3. The van der Waals surface area contributed by atoms with Crippen LogP contribution in [0.3, 0.4) is 0 Å². The largest absolute Gasteiger partial charge is 0.496 e. The average molecular weight is 390 g/mol. The van der Waals surface area contributed by atoms with Crippen molar-refractivity contribution in [3.63, 3.8) is 0 Å². The fraction of sp³-hybridized carbons (Fsp3) is 0.261. The van der Waals surface area contributed by atoms with Gasteiger partial charge in [0, 0.05) is 25.8 Å². The molecule has 0 aliphatic heterocycles. The Kier molecular flexibility index (Phi) is 7.16. The molecule has 3 aromatic rings. The van der Waals surface area contributed by atoms with E-state index in [1.165, 1.54) is 0 Å². The first kappa shape index (κ1) is 20.3. The van der Waals surface area contributed by atoms with Crippen LogP contribution in [-0.4, -0.2) is 41.0 Å². The number of methoxy groups -OCH3 is 1. The van der Waals surface area contributed by atoms with Crippen molar-refractivity contribution in [2.24, 2.45) is 0 Å². The van der Waals surface area contributed by atoms with Gasteiger partial charge < -0.3 is 15.0 Å². The highest BCUT2D eigenvalue weighted by atomic mass is 16.5. The lowest BCUT2D eigenvalue weighted by atomic mass is 10.1. The Labute approximate surface area is 171 Å². The summed E-state index contributed by atoms with van der Waals surface area (Å²) < 4.78 is 5.38. The van der Waals surface area contributed by atoms with E-state index in [4.69, 9.17) is 4.74 Å². The molecule has 150 valence electrons. The van der Waals surface area contributed by atoms with E-state index in [2.05, 4.69) is 15.3 Å². The molecule has 0 aliphatic carbocycles. The third-order valence-electron chi connectivity index (χ3n) is 4.63. The fourth-order valence-electron chi connectivity index (χ4n) is 3.07. The van der Waals surface area contributed by atoms with Gasteiger partial charge in [0.25, 0.3) is 5.91 Å². The second-order valence-electron chi connectivity index (χ2n) is 6.56. The molecular weight excluding hydrogens is 364 g/mol. The van der Waals surface area contributed by atoms with Gasteiger partial charge in [-0.25, -0.2) is 9.97 Å². The molecule has 6 nitrogen and oxygen atoms in total. The molecule has 0 unspecified atom stereocenters. The van der Waals surface area contributed by atoms with Crippen molar-refractivity contribution >= 4 is 11.9 Å². The first-order valence-electron chi connectivity index (χ1n) is 9.73. The number of anilines is 1. The highest BCUT2D eigenvalue weighted by Gasteiger charge is 2.16. The summed E-state index contributed by atoms with van der Waals surface area (Å²) in [5.74, 6) is 1.20. The summed E-state index contributed by atoms with van der Waals surface area (Å²) in [5.41, 5.74) is 2.58. The minimum Gasteiger partial charge on any atom is -0.496 e. The van der Waals surface area contributed by atoms with Crippen LogP contribution in [0.15, 0.2) is 66.9 Å². The van der Waals surface area contributed by atoms with Crippen molar-refractivity contribution in [3.8, 4) is 5.75 Å². The molecule has 0 radical (unpaired) electrons. The van der Waals surface area contributed by atoms with Crippen LogP contribution in [0.2, 0.25) is 0 Å². The molecule has 0 atom stereocenters. The summed E-state index contributed by atoms with van der Waals surface area (Å²) in [7, 11) is 1.67. The van der Waals surface area contributed by atoms with Crippen molar-refractivity contribution in [1.29, 1.82) is 0 Å². The van der Waals surface area contributed by atoms with Gasteiger partial charge in [-0.2, -0.15) is 0 Å². The van der Waals surface area contributed by atoms with Crippen molar-refractivity contribution in [2.45, 2.75) is 19.9 Å². The minimum absolute atomic E-state index is 0.105. The number of carbonyl (C=O) groups is 1. The topological polar surface area (TPSA) is 67.4 Å². The third kappa shape index (κ3) is 5.54. The van der Waals surface area contributed by atoms with Gasteiger partial charge in [-0.1, -0.05) is 48.5 Å². The monoisotopic (exact) mass is 390 g/mol. The van der Waals surface area contributed by atoms with Crippen molar-refractivity contribution < 1.29 is 9.53 Å². The zero-order chi connectivity index (χ0) is 20.5. The molecule has 29 heavy (non-hydrogen) atoms. The number of hydrogen-bond acceptors (Lipinski definition) is 5. The molecular formula is C23H26N4O2. The van der Waals surface area contributed by atoms with Crippen molar-refractivity contribution in [1.82, 2.24) is 14.9 Å². The second kappa shape index (κ2) is 10.2. The summed E-state index contributed by atoms with van der Waals surface area (Å²) in [6.45, 7) is 3.76. The molecule has 0 fully saturated rings.